The number of fused-ring (bicyclic) bond motifs is 1. The standard InChI is InChI=1S/C19H14ClN3O3S/c1-26-14-7-3-2-6-13(14)16-17(24)22-9-5-4-8-15(22)23(18(16)25)11-12-10-21-19(20)27-12/h2-10H,11H2,1H3. The Morgan fingerprint density at radius 3 is 2.78 bits per heavy atom. The second-order valence-corrected chi connectivity index (χ2v) is 7.48. The number of halogens is 1. The van der Waals surface area contributed by atoms with Crippen LogP contribution in [-0.2, 0) is 6.54 Å². The lowest BCUT2D eigenvalue weighted by atomic mass is 10.1. The molecule has 0 aliphatic rings. The Morgan fingerprint density at radius 2 is 2.04 bits per heavy atom. The number of para-hydroxylation sites is 1. The molecule has 0 radical (unpaired) electrons. The summed E-state index contributed by atoms with van der Waals surface area (Å²) in [5.74, 6) is 0.0789. The molecule has 0 spiro atoms. The molecule has 1 aromatic carbocycles. The van der Waals surface area contributed by atoms with Gasteiger partial charge in [-0.1, -0.05) is 35.9 Å². The van der Waals surface area contributed by atoms with E-state index in [4.69, 9.17) is 16.3 Å². The van der Waals surface area contributed by atoms with E-state index in [1.807, 2.05) is 0 Å². The molecule has 0 bridgehead atoms. The van der Waals surface area contributed by atoms with Crippen LogP contribution in [0, 0.1) is 0 Å². The summed E-state index contributed by atoms with van der Waals surface area (Å²) in [6.45, 7) is 0.263. The fraction of sp³-hybridized carbons (Fsp3) is 0.105. The molecule has 0 aliphatic heterocycles. The van der Waals surface area contributed by atoms with E-state index in [0.717, 1.165) is 4.88 Å². The molecule has 0 saturated carbocycles. The minimum atomic E-state index is -0.390. The number of pyridine rings is 1. The molecule has 0 atom stereocenters. The largest absolute Gasteiger partial charge is 0.842 e. The summed E-state index contributed by atoms with van der Waals surface area (Å²) in [4.78, 5) is 17.9. The van der Waals surface area contributed by atoms with Crippen molar-refractivity contribution in [2.45, 2.75) is 6.54 Å². The minimum absolute atomic E-state index is 0.0618. The fourth-order valence-corrected chi connectivity index (χ4v) is 3.99. The molecule has 27 heavy (non-hydrogen) atoms. The molecular formula is C19H14ClN3O3S. The van der Waals surface area contributed by atoms with Gasteiger partial charge in [0.05, 0.1) is 24.1 Å². The van der Waals surface area contributed by atoms with E-state index >= 15 is 0 Å². The molecule has 136 valence electrons. The van der Waals surface area contributed by atoms with Gasteiger partial charge in [0.25, 0.3) is 5.65 Å². The lowest BCUT2D eigenvalue weighted by Gasteiger charge is -2.17. The maximum Gasteiger partial charge on any atom is 0.349 e. The zero-order valence-corrected chi connectivity index (χ0v) is 15.8. The number of hydrogen-bond donors (Lipinski definition) is 0. The molecule has 3 heterocycles. The minimum Gasteiger partial charge on any atom is -0.842 e. The van der Waals surface area contributed by atoms with Crippen LogP contribution in [-0.4, -0.2) is 16.5 Å². The summed E-state index contributed by atoms with van der Waals surface area (Å²) in [5.41, 5.74) is 0.630. The molecule has 0 aliphatic carbocycles. The molecule has 0 amide bonds. The monoisotopic (exact) mass is 399 g/mol. The molecule has 6 nitrogen and oxygen atoms in total. The highest BCUT2D eigenvalue weighted by Crippen LogP contribution is 2.30. The Balaban J connectivity index is 2.04. The summed E-state index contributed by atoms with van der Waals surface area (Å²) in [5, 5.41) is 13.3. The molecular weight excluding hydrogens is 386 g/mol. The first-order valence-corrected chi connectivity index (χ1v) is 9.27. The van der Waals surface area contributed by atoms with Crippen molar-refractivity contribution in [1.82, 2.24) is 9.38 Å². The van der Waals surface area contributed by atoms with Crippen LogP contribution in [0.15, 0.2) is 59.7 Å². The molecule has 0 unspecified atom stereocenters. The van der Waals surface area contributed by atoms with Gasteiger partial charge >= 0.3 is 5.56 Å². The Morgan fingerprint density at radius 1 is 1.26 bits per heavy atom. The van der Waals surface area contributed by atoms with Crippen molar-refractivity contribution in [3.05, 3.63) is 74.6 Å². The van der Waals surface area contributed by atoms with Gasteiger partial charge in [-0.25, -0.2) is 14.3 Å². The SMILES string of the molecule is COc1ccccc1-c1c([O-])[n+](Cc2cnc(Cl)s2)c2ccccn2c1=O. The van der Waals surface area contributed by atoms with Gasteiger partial charge in [-0.2, -0.15) is 4.40 Å². The lowest BCUT2D eigenvalue weighted by molar-refractivity contribution is -0.707. The van der Waals surface area contributed by atoms with E-state index < -0.39 is 5.56 Å². The van der Waals surface area contributed by atoms with Gasteiger partial charge in [0.1, 0.15) is 17.9 Å². The quantitative estimate of drug-likeness (QED) is 0.494. The average Bonchev–Trinajstić information content (AvgIpc) is 3.10. The number of methoxy groups -OCH3 is 1. The Kier molecular flexibility index (Phi) is 4.55. The third-order valence-electron chi connectivity index (χ3n) is 4.22. The van der Waals surface area contributed by atoms with Crippen LogP contribution in [0.3, 0.4) is 0 Å². The molecule has 3 aromatic heterocycles. The summed E-state index contributed by atoms with van der Waals surface area (Å²) in [6.07, 6.45) is 3.28. The van der Waals surface area contributed by atoms with Crippen molar-refractivity contribution in [3.8, 4) is 22.8 Å². The van der Waals surface area contributed by atoms with Crippen molar-refractivity contribution in [1.29, 1.82) is 0 Å². The van der Waals surface area contributed by atoms with E-state index in [9.17, 15) is 9.90 Å². The number of ether oxygens (including phenoxy) is 1. The van der Waals surface area contributed by atoms with Gasteiger partial charge in [-0.15, -0.1) is 11.3 Å². The third kappa shape index (κ3) is 3.05. The summed E-state index contributed by atoms with van der Waals surface area (Å²) in [7, 11) is 1.51. The van der Waals surface area contributed by atoms with Gasteiger partial charge in [0.2, 0.25) is 0 Å². The van der Waals surface area contributed by atoms with Crippen molar-refractivity contribution < 1.29 is 14.4 Å². The van der Waals surface area contributed by atoms with Crippen LogP contribution >= 0.6 is 22.9 Å². The molecule has 4 rings (SSSR count). The number of aromatic nitrogens is 3. The predicted molar refractivity (Wildman–Crippen MR) is 102 cm³/mol. The number of thiazole rings is 1. The van der Waals surface area contributed by atoms with Crippen LogP contribution < -0.4 is 20.0 Å². The summed E-state index contributed by atoms with van der Waals surface area (Å²) in [6, 6.07) is 12.3. The Hall–Kier alpha value is -2.90. The molecule has 0 fully saturated rings. The normalized spacial score (nSPS) is 11.0. The maximum absolute atomic E-state index is 13.3. The Bertz CT molecular complexity index is 1200. The summed E-state index contributed by atoms with van der Waals surface area (Å²) < 4.78 is 8.78. The molecule has 4 aromatic rings. The van der Waals surface area contributed by atoms with Gasteiger partial charge in [0, 0.05) is 17.8 Å². The second kappa shape index (κ2) is 7.02. The van der Waals surface area contributed by atoms with Crippen molar-refractivity contribution in [2.75, 3.05) is 7.11 Å². The van der Waals surface area contributed by atoms with E-state index in [1.54, 1.807) is 59.4 Å². The highest BCUT2D eigenvalue weighted by molar-refractivity contribution is 7.15. The first-order valence-electron chi connectivity index (χ1n) is 8.08. The highest BCUT2D eigenvalue weighted by Gasteiger charge is 2.22. The van der Waals surface area contributed by atoms with Gasteiger partial charge in [-0.05, 0) is 12.1 Å². The van der Waals surface area contributed by atoms with Crippen LogP contribution in [0.4, 0.5) is 0 Å². The lowest BCUT2D eigenvalue weighted by Crippen LogP contribution is -2.44. The smallest absolute Gasteiger partial charge is 0.349 e. The molecule has 8 heteroatoms. The first kappa shape index (κ1) is 17.5. The molecule has 0 saturated heterocycles. The number of hydrogen-bond acceptors (Lipinski definition) is 5. The average molecular weight is 400 g/mol. The second-order valence-electron chi connectivity index (χ2n) is 5.78. The highest BCUT2D eigenvalue weighted by atomic mass is 35.5. The maximum atomic E-state index is 13.3. The first-order chi connectivity index (χ1) is 13.1. The van der Waals surface area contributed by atoms with Crippen molar-refractivity contribution in [3.63, 3.8) is 0 Å². The van der Waals surface area contributed by atoms with E-state index in [1.165, 1.54) is 22.8 Å². The van der Waals surface area contributed by atoms with Crippen LogP contribution in [0.2, 0.25) is 4.47 Å². The molecule has 0 N–H and O–H groups in total. The van der Waals surface area contributed by atoms with E-state index in [0.29, 0.717) is 21.4 Å². The number of benzene rings is 1. The predicted octanol–water partition coefficient (Wildman–Crippen LogP) is 2.49. The van der Waals surface area contributed by atoms with Crippen molar-refractivity contribution in [2.24, 2.45) is 0 Å². The zero-order valence-electron chi connectivity index (χ0n) is 14.3. The number of rotatable bonds is 4. The van der Waals surface area contributed by atoms with Gasteiger partial charge < -0.3 is 9.84 Å². The number of nitrogens with zero attached hydrogens (tertiary/aromatic N) is 3. The van der Waals surface area contributed by atoms with Crippen LogP contribution in [0.1, 0.15) is 4.88 Å². The van der Waals surface area contributed by atoms with E-state index in [-0.39, 0.29) is 18.0 Å². The third-order valence-corrected chi connectivity index (χ3v) is 5.32. The van der Waals surface area contributed by atoms with Crippen LogP contribution in [0.5, 0.6) is 11.6 Å². The Labute approximate surface area is 163 Å². The van der Waals surface area contributed by atoms with Gasteiger partial charge in [0.15, 0.2) is 4.47 Å². The van der Waals surface area contributed by atoms with Crippen molar-refractivity contribution >= 4 is 28.6 Å². The van der Waals surface area contributed by atoms with Crippen LogP contribution in [0.25, 0.3) is 16.8 Å². The zero-order chi connectivity index (χ0) is 19.0. The fourth-order valence-electron chi connectivity index (χ4n) is 3.02. The van der Waals surface area contributed by atoms with E-state index in [2.05, 4.69) is 4.98 Å². The topological polar surface area (TPSA) is 70.5 Å². The summed E-state index contributed by atoms with van der Waals surface area (Å²) >= 11 is 7.22. The van der Waals surface area contributed by atoms with Gasteiger partial charge in [-0.3, -0.25) is 0 Å².